The quantitative estimate of drug-likeness (QED) is 0.875. The molecule has 1 unspecified atom stereocenters. The predicted molar refractivity (Wildman–Crippen MR) is 64.3 cm³/mol. The summed E-state index contributed by atoms with van der Waals surface area (Å²) in [5, 5.41) is 3.45. The molecule has 0 aliphatic carbocycles. The lowest BCUT2D eigenvalue weighted by molar-refractivity contribution is -0.135. The second-order valence-corrected chi connectivity index (χ2v) is 4.58. The van der Waals surface area contributed by atoms with Gasteiger partial charge >= 0.3 is 0 Å². The molecular weight excluding hydrogens is 243 g/mol. The van der Waals surface area contributed by atoms with Gasteiger partial charge in [-0.15, -0.1) is 0 Å². The minimum atomic E-state index is -0.362. The zero-order chi connectivity index (χ0) is 12.4. The van der Waals surface area contributed by atoms with E-state index in [1.807, 2.05) is 6.92 Å². The Balaban J connectivity index is 2.12. The van der Waals surface area contributed by atoms with Crippen LogP contribution in [0.2, 0.25) is 5.02 Å². The molecule has 0 radical (unpaired) electrons. The highest BCUT2D eigenvalue weighted by molar-refractivity contribution is 6.31. The van der Waals surface area contributed by atoms with Crippen molar-refractivity contribution < 1.29 is 9.18 Å². The summed E-state index contributed by atoms with van der Waals surface area (Å²) in [5.74, 6) is -0.310. The summed E-state index contributed by atoms with van der Waals surface area (Å²) in [4.78, 5) is 13.6. The first-order valence-electron chi connectivity index (χ1n) is 5.54. The van der Waals surface area contributed by atoms with Crippen LogP contribution in [0.5, 0.6) is 0 Å². The van der Waals surface area contributed by atoms with Crippen molar-refractivity contribution in [3.8, 4) is 0 Å². The van der Waals surface area contributed by atoms with E-state index < -0.39 is 0 Å². The number of hydrogen-bond acceptors (Lipinski definition) is 2. The highest BCUT2D eigenvalue weighted by Gasteiger charge is 2.24. The first-order valence-corrected chi connectivity index (χ1v) is 5.92. The molecule has 1 aliphatic heterocycles. The molecule has 1 aromatic rings. The molecule has 92 valence electrons. The zero-order valence-electron chi connectivity index (χ0n) is 9.54. The van der Waals surface area contributed by atoms with E-state index in [9.17, 15) is 9.18 Å². The number of carbonyl (C=O) groups is 1. The van der Waals surface area contributed by atoms with Crippen molar-refractivity contribution >= 4 is 17.5 Å². The Kier molecular flexibility index (Phi) is 3.64. The monoisotopic (exact) mass is 256 g/mol. The van der Waals surface area contributed by atoms with Gasteiger partial charge < -0.3 is 10.2 Å². The van der Waals surface area contributed by atoms with E-state index in [2.05, 4.69) is 5.32 Å². The molecule has 17 heavy (non-hydrogen) atoms. The number of nitrogens with one attached hydrogen (secondary N) is 1. The van der Waals surface area contributed by atoms with E-state index in [0.717, 1.165) is 12.1 Å². The Labute approximate surface area is 105 Å². The molecule has 1 amide bonds. The van der Waals surface area contributed by atoms with Crippen LogP contribution in [0.3, 0.4) is 0 Å². The fraction of sp³-hybridized carbons (Fsp3) is 0.417. The minimum absolute atomic E-state index is 0.0524. The van der Waals surface area contributed by atoms with Crippen molar-refractivity contribution in [3.05, 3.63) is 34.6 Å². The Bertz CT molecular complexity index is 439. The van der Waals surface area contributed by atoms with Gasteiger partial charge in [0.25, 0.3) is 0 Å². The summed E-state index contributed by atoms with van der Waals surface area (Å²) < 4.78 is 12.9. The highest BCUT2D eigenvalue weighted by Crippen LogP contribution is 2.19. The summed E-state index contributed by atoms with van der Waals surface area (Å²) in [7, 11) is 0. The number of nitrogens with zero attached hydrogens (tertiary/aromatic N) is 1. The molecule has 1 heterocycles. The maximum atomic E-state index is 12.9. The molecule has 1 fully saturated rings. The second-order valence-electron chi connectivity index (χ2n) is 4.17. The number of rotatable bonds is 2. The fourth-order valence-electron chi connectivity index (χ4n) is 1.90. The number of hydrogen-bond donors (Lipinski definition) is 1. The van der Waals surface area contributed by atoms with Crippen molar-refractivity contribution in [1.82, 2.24) is 10.2 Å². The van der Waals surface area contributed by atoms with E-state index in [1.165, 1.54) is 12.1 Å². The van der Waals surface area contributed by atoms with Crippen LogP contribution >= 0.6 is 11.6 Å². The summed E-state index contributed by atoms with van der Waals surface area (Å²) in [6.07, 6.45) is 0. The maximum Gasteiger partial charge on any atom is 0.239 e. The summed E-state index contributed by atoms with van der Waals surface area (Å²) in [6.45, 7) is 3.69. The Hall–Kier alpha value is -1.13. The van der Waals surface area contributed by atoms with Crippen molar-refractivity contribution in [2.24, 2.45) is 0 Å². The third-order valence-corrected chi connectivity index (χ3v) is 3.24. The van der Waals surface area contributed by atoms with E-state index in [4.69, 9.17) is 11.6 Å². The first-order chi connectivity index (χ1) is 8.08. The number of piperazine rings is 1. The molecular formula is C12H14ClFN2O. The lowest BCUT2D eigenvalue weighted by Crippen LogP contribution is -2.53. The largest absolute Gasteiger partial charge is 0.336 e. The maximum absolute atomic E-state index is 12.9. The van der Waals surface area contributed by atoms with Gasteiger partial charge in [-0.2, -0.15) is 0 Å². The van der Waals surface area contributed by atoms with E-state index in [-0.39, 0.29) is 17.8 Å². The summed E-state index contributed by atoms with van der Waals surface area (Å²) in [5.41, 5.74) is 0.774. The SMILES string of the molecule is CC1NCCN(Cc2ccc(F)cc2Cl)C1=O. The molecule has 5 heteroatoms. The fourth-order valence-corrected chi connectivity index (χ4v) is 2.13. The number of halogens is 2. The van der Waals surface area contributed by atoms with Gasteiger partial charge in [0.05, 0.1) is 6.04 Å². The molecule has 1 aromatic carbocycles. The van der Waals surface area contributed by atoms with Crippen LogP contribution in [0.4, 0.5) is 4.39 Å². The smallest absolute Gasteiger partial charge is 0.239 e. The molecule has 1 N–H and O–H groups in total. The third kappa shape index (κ3) is 2.76. The van der Waals surface area contributed by atoms with Gasteiger partial charge in [0.2, 0.25) is 5.91 Å². The lowest BCUT2D eigenvalue weighted by atomic mass is 10.1. The summed E-state index contributed by atoms with van der Waals surface area (Å²) in [6, 6.07) is 4.09. The van der Waals surface area contributed by atoms with Crippen LogP contribution in [0.15, 0.2) is 18.2 Å². The average molecular weight is 257 g/mol. The van der Waals surface area contributed by atoms with E-state index in [1.54, 1.807) is 11.0 Å². The molecule has 1 aliphatic rings. The molecule has 1 atom stereocenters. The molecule has 0 bridgehead atoms. The van der Waals surface area contributed by atoms with Crippen LogP contribution in [-0.4, -0.2) is 29.9 Å². The van der Waals surface area contributed by atoms with Gasteiger partial charge in [0.15, 0.2) is 0 Å². The standard InChI is InChI=1S/C12H14ClFN2O/c1-8-12(17)16(5-4-15-8)7-9-2-3-10(14)6-11(9)13/h2-3,6,8,15H,4-5,7H2,1H3. The Morgan fingerprint density at radius 1 is 1.59 bits per heavy atom. The van der Waals surface area contributed by atoms with Gasteiger partial charge in [0, 0.05) is 24.7 Å². The van der Waals surface area contributed by atoms with Crippen LogP contribution in [0.25, 0.3) is 0 Å². The molecule has 3 nitrogen and oxygen atoms in total. The first kappa shape index (κ1) is 12.3. The topological polar surface area (TPSA) is 32.3 Å². The lowest BCUT2D eigenvalue weighted by Gasteiger charge is -2.31. The molecule has 0 saturated carbocycles. The number of carbonyl (C=O) groups excluding carboxylic acids is 1. The third-order valence-electron chi connectivity index (χ3n) is 2.89. The van der Waals surface area contributed by atoms with E-state index >= 15 is 0 Å². The van der Waals surface area contributed by atoms with Gasteiger partial charge in [-0.05, 0) is 24.6 Å². The number of amides is 1. The molecule has 0 spiro atoms. The number of benzene rings is 1. The van der Waals surface area contributed by atoms with Crippen LogP contribution in [0, 0.1) is 5.82 Å². The van der Waals surface area contributed by atoms with Gasteiger partial charge in [-0.3, -0.25) is 4.79 Å². The van der Waals surface area contributed by atoms with Crippen molar-refractivity contribution in [2.45, 2.75) is 19.5 Å². The van der Waals surface area contributed by atoms with Crippen LogP contribution in [-0.2, 0) is 11.3 Å². The van der Waals surface area contributed by atoms with Crippen LogP contribution < -0.4 is 5.32 Å². The average Bonchev–Trinajstić information content (AvgIpc) is 2.28. The Morgan fingerprint density at radius 3 is 3.06 bits per heavy atom. The van der Waals surface area contributed by atoms with Crippen molar-refractivity contribution in [2.75, 3.05) is 13.1 Å². The van der Waals surface area contributed by atoms with Crippen molar-refractivity contribution in [1.29, 1.82) is 0 Å². The minimum Gasteiger partial charge on any atom is -0.336 e. The van der Waals surface area contributed by atoms with Crippen molar-refractivity contribution in [3.63, 3.8) is 0 Å². The molecule has 0 aromatic heterocycles. The second kappa shape index (κ2) is 5.02. The Morgan fingerprint density at radius 2 is 2.35 bits per heavy atom. The highest BCUT2D eigenvalue weighted by atomic mass is 35.5. The van der Waals surface area contributed by atoms with Gasteiger partial charge in [-0.1, -0.05) is 17.7 Å². The van der Waals surface area contributed by atoms with Gasteiger partial charge in [-0.25, -0.2) is 4.39 Å². The van der Waals surface area contributed by atoms with Crippen LogP contribution in [0.1, 0.15) is 12.5 Å². The zero-order valence-corrected chi connectivity index (χ0v) is 10.3. The summed E-state index contributed by atoms with van der Waals surface area (Å²) >= 11 is 5.94. The normalized spacial score (nSPS) is 20.8. The van der Waals surface area contributed by atoms with E-state index in [0.29, 0.717) is 18.1 Å². The van der Waals surface area contributed by atoms with Gasteiger partial charge in [0.1, 0.15) is 5.82 Å². The molecule has 1 saturated heterocycles. The molecule has 2 rings (SSSR count). The predicted octanol–water partition coefficient (Wildman–Crippen LogP) is 1.80.